The van der Waals surface area contributed by atoms with Gasteiger partial charge in [-0.1, -0.05) is 15.9 Å². The van der Waals surface area contributed by atoms with E-state index in [0.29, 0.717) is 0 Å². The highest BCUT2D eigenvalue weighted by molar-refractivity contribution is 9.10. The SMILES string of the molecule is Cc1nc(CNCc2cc(Br)cc3c2OCC3)sc1C. The number of rotatable bonds is 4. The molecule has 1 aliphatic heterocycles. The van der Waals surface area contributed by atoms with Crippen molar-refractivity contribution in [2.45, 2.75) is 33.4 Å². The molecule has 1 N–H and O–H groups in total. The zero-order valence-electron chi connectivity index (χ0n) is 11.6. The molecule has 2 heterocycles. The summed E-state index contributed by atoms with van der Waals surface area (Å²) in [5.74, 6) is 1.06. The summed E-state index contributed by atoms with van der Waals surface area (Å²) in [7, 11) is 0. The molecule has 2 aromatic rings. The predicted octanol–water partition coefficient (Wildman–Crippen LogP) is 3.75. The van der Waals surface area contributed by atoms with Crippen LogP contribution in [0.1, 0.15) is 26.7 Å². The lowest BCUT2D eigenvalue weighted by atomic mass is 10.1. The maximum atomic E-state index is 5.74. The normalized spacial score (nSPS) is 13.3. The van der Waals surface area contributed by atoms with Gasteiger partial charge in [0, 0.05) is 34.4 Å². The molecular formula is C15H17BrN2OS. The summed E-state index contributed by atoms with van der Waals surface area (Å²) in [6.45, 7) is 6.58. The number of aromatic nitrogens is 1. The highest BCUT2D eigenvalue weighted by Gasteiger charge is 2.17. The zero-order chi connectivity index (χ0) is 14.1. The molecule has 1 aromatic heterocycles. The Labute approximate surface area is 131 Å². The second-order valence-corrected chi connectivity index (χ2v) is 7.21. The van der Waals surface area contributed by atoms with E-state index in [9.17, 15) is 0 Å². The molecule has 0 saturated carbocycles. The van der Waals surface area contributed by atoms with E-state index in [4.69, 9.17) is 4.74 Å². The van der Waals surface area contributed by atoms with Crippen LogP contribution in [-0.4, -0.2) is 11.6 Å². The van der Waals surface area contributed by atoms with Gasteiger partial charge in [-0.15, -0.1) is 11.3 Å². The van der Waals surface area contributed by atoms with Crippen LogP contribution >= 0.6 is 27.3 Å². The van der Waals surface area contributed by atoms with Crippen molar-refractivity contribution in [3.05, 3.63) is 43.3 Å². The quantitative estimate of drug-likeness (QED) is 0.909. The van der Waals surface area contributed by atoms with Gasteiger partial charge >= 0.3 is 0 Å². The third-order valence-corrected chi connectivity index (χ3v) is 5.02. The number of ether oxygens (including phenoxy) is 1. The smallest absolute Gasteiger partial charge is 0.127 e. The number of aryl methyl sites for hydroxylation is 2. The van der Waals surface area contributed by atoms with Crippen LogP contribution in [0.2, 0.25) is 0 Å². The number of fused-ring (bicyclic) bond motifs is 1. The molecule has 0 radical (unpaired) electrons. The lowest BCUT2D eigenvalue weighted by Crippen LogP contribution is -2.13. The average Bonchev–Trinajstić information content (AvgIpc) is 2.97. The highest BCUT2D eigenvalue weighted by Crippen LogP contribution is 2.32. The maximum Gasteiger partial charge on any atom is 0.127 e. The first-order chi connectivity index (χ1) is 9.63. The molecule has 3 nitrogen and oxygen atoms in total. The van der Waals surface area contributed by atoms with Gasteiger partial charge in [-0.3, -0.25) is 0 Å². The lowest BCUT2D eigenvalue weighted by Gasteiger charge is -2.09. The molecule has 0 aliphatic carbocycles. The van der Waals surface area contributed by atoms with Gasteiger partial charge in [-0.25, -0.2) is 4.98 Å². The van der Waals surface area contributed by atoms with E-state index in [-0.39, 0.29) is 0 Å². The minimum Gasteiger partial charge on any atom is -0.493 e. The first-order valence-electron chi connectivity index (χ1n) is 6.71. The van der Waals surface area contributed by atoms with Crippen LogP contribution in [0.15, 0.2) is 16.6 Å². The molecule has 3 rings (SSSR count). The van der Waals surface area contributed by atoms with Gasteiger partial charge < -0.3 is 10.1 Å². The Morgan fingerprint density at radius 1 is 1.35 bits per heavy atom. The van der Waals surface area contributed by atoms with Gasteiger partial charge in [-0.2, -0.15) is 0 Å². The Bertz CT molecular complexity index is 620. The molecule has 0 atom stereocenters. The Kier molecular flexibility index (Phi) is 4.10. The molecule has 1 aliphatic rings. The first kappa shape index (κ1) is 14.0. The summed E-state index contributed by atoms with van der Waals surface area (Å²) in [6.07, 6.45) is 1.01. The van der Waals surface area contributed by atoms with Crippen molar-refractivity contribution in [3.8, 4) is 5.75 Å². The summed E-state index contributed by atoms with van der Waals surface area (Å²) >= 11 is 5.34. The predicted molar refractivity (Wildman–Crippen MR) is 85.5 cm³/mol. The van der Waals surface area contributed by atoms with E-state index in [1.165, 1.54) is 16.0 Å². The molecule has 0 bridgehead atoms. The van der Waals surface area contributed by atoms with Crippen LogP contribution < -0.4 is 10.1 Å². The van der Waals surface area contributed by atoms with E-state index >= 15 is 0 Å². The average molecular weight is 353 g/mol. The van der Waals surface area contributed by atoms with Crippen LogP contribution in [0.5, 0.6) is 5.75 Å². The fraction of sp³-hybridized carbons (Fsp3) is 0.400. The minimum absolute atomic E-state index is 0.795. The number of hydrogen-bond donors (Lipinski definition) is 1. The van der Waals surface area contributed by atoms with Crippen molar-refractivity contribution in [1.29, 1.82) is 0 Å². The van der Waals surface area contributed by atoms with Crippen molar-refractivity contribution < 1.29 is 4.74 Å². The third kappa shape index (κ3) is 2.90. The van der Waals surface area contributed by atoms with E-state index < -0.39 is 0 Å². The number of halogens is 1. The molecule has 0 saturated heterocycles. The van der Waals surface area contributed by atoms with Gasteiger partial charge in [0.25, 0.3) is 0 Å². The number of benzene rings is 1. The van der Waals surface area contributed by atoms with Crippen molar-refractivity contribution in [2.75, 3.05) is 6.61 Å². The third-order valence-electron chi connectivity index (χ3n) is 3.49. The zero-order valence-corrected chi connectivity index (χ0v) is 14.0. The molecule has 5 heteroatoms. The highest BCUT2D eigenvalue weighted by atomic mass is 79.9. The van der Waals surface area contributed by atoms with Gasteiger partial charge in [0.15, 0.2) is 0 Å². The van der Waals surface area contributed by atoms with Crippen molar-refractivity contribution in [1.82, 2.24) is 10.3 Å². The fourth-order valence-electron chi connectivity index (χ4n) is 2.40. The number of nitrogens with one attached hydrogen (secondary N) is 1. The van der Waals surface area contributed by atoms with Crippen LogP contribution in [0.3, 0.4) is 0 Å². The van der Waals surface area contributed by atoms with Crippen molar-refractivity contribution in [3.63, 3.8) is 0 Å². The van der Waals surface area contributed by atoms with Crippen LogP contribution in [-0.2, 0) is 19.5 Å². The number of hydrogen-bond acceptors (Lipinski definition) is 4. The van der Waals surface area contributed by atoms with Gasteiger partial charge in [0.05, 0.1) is 12.3 Å². The van der Waals surface area contributed by atoms with Crippen LogP contribution in [0.4, 0.5) is 0 Å². The Morgan fingerprint density at radius 2 is 2.20 bits per heavy atom. The molecule has 106 valence electrons. The van der Waals surface area contributed by atoms with Gasteiger partial charge in [0.2, 0.25) is 0 Å². The summed E-state index contributed by atoms with van der Waals surface area (Å²) < 4.78 is 6.86. The molecule has 1 aromatic carbocycles. The monoisotopic (exact) mass is 352 g/mol. The van der Waals surface area contributed by atoms with Gasteiger partial charge in [0.1, 0.15) is 10.8 Å². The van der Waals surface area contributed by atoms with Crippen molar-refractivity contribution >= 4 is 27.3 Å². The van der Waals surface area contributed by atoms with E-state index in [1.54, 1.807) is 11.3 Å². The topological polar surface area (TPSA) is 34.2 Å². The van der Waals surface area contributed by atoms with Crippen molar-refractivity contribution in [2.24, 2.45) is 0 Å². The van der Waals surface area contributed by atoms with Crippen LogP contribution in [0, 0.1) is 13.8 Å². The second kappa shape index (κ2) is 5.84. The maximum absolute atomic E-state index is 5.74. The standard InChI is InChI=1S/C15H17BrN2OS/c1-9-10(2)20-14(18-9)8-17-7-12-6-13(16)5-11-3-4-19-15(11)12/h5-6,17H,3-4,7-8H2,1-2H3. The van der Waals surface area contributed by atoms with E-state index in [0.717, 1.165) is 47.0 Å². The number of nitrogens with zero attached hydrogens (tertiary/aromatic N) is 1. The summed E-state index contributed by atoms with van der Waals surface area (Å²) in [6, 6.07) is 4.29. The molecule has 0 unspecified atom stereocenters. The fourth-order valence-corrected chi connectivity index (χ4v) is 3.85. The molecule has 0 amide bonds. The Hall–Kier alpha value is -0.910. The number of thiazole rings is 1. The molecule has 0 spiro atoms. The van der Waals surface area contributed by atoms with E-state index in [2.05, 4.69) is 52.2 Å². The Balaban J connectivity index is 1.67. The Morgan fingerprint density at radius 3 is 2.95 bits per heavy atom. The molecule has 20 heavy (non-hydrogen) atoms. The largest absolute Gasteiger partial charge is 0.493 e. The minimum atomic E-state index is 0.795. The molecule has 0 fully saturated rings. The summed E-state index contributed by atoms with van der Waals surface area (Å²) in [5, 5.41) is 4.61. The first-order valence-corrected chi connectivity index (χ1v) is 8.32. The van der Waals surface area contributed by atoms with E-state index in [1.807, 2.05) is 0 Å². The second-order valence-electron chi connectivity index (χ2n) is 5.00. The summed E-state index contributed by atoms with van der Waals surface area (Å²) in [5.41, 5.74) is 3.66. The molecular weight excluding hydrogens is 336 g/mol. The van der Waals surface area contributed by atoms with Gasteiger partial charge in [-0.05, 0) is 31.5 Å². The van der Waals surface area contributed by atoms with Crippen LogP contribution in [0.25, 0.3) is 0 Å². The lowest BCUT2D eigenvalue weighted by molar-refractivity contribution is 0.352. The summed E-state index contributed by atoms with van der Waals surface area (Å²) in [4.78, 5) is 5.85.